The second-order valence-corrected chi connectivity index (χ2v) is 3.58. The van der Waals surface area contributed by atoms with Crippen LogP contribution in [-0.2, 0) is 14.3 Å². The number of hydrogen-bond donors (Lipinski definition) is 0. The van der Waals surface area contributed by atoms with Crippen molar-refractivity contribution in [3.05, 3.63) is 47.7 Å². The predicted octanol–water partition coefficient (Wildman–Crippen LogP) is 2.62. The molecule has 0 aliphatic rings. The van der Waals surface area contributed by atoms with Crippen LogP contribution in [0.4, 0.5) is 0 Å². The van der Waals surface area contributed by atoms with Crippen LogP contribution in [0.2, 0.25) is 0 Å². The fourth-order valence-corrected chi connectivity index (χ4v) is 1.60. The van der Waals surface area contributed by atoms with Crippen molar-refractivity contribution in [2.45, 2.75) is 13.8 Å². The van der Waals surface area contributed by atoms with Crippen LogP contribution >= 0.6 is 0 Å². The minimum atomic E-state index is -0.927. The van der Waals surface area contributed by atoms with Gasteiger partial charge >= 0.3 is 5.97 Å². The standard InChI is InChI=1S/C15H16O3/c1-3-8-13(12-9-6-5-7-10-12)14(11-16)15(17)18-4-2/h3,5-7,9-11,14H,4H2,1-2H3. The van der Waals surface area contributed by atoms with Gasteiger partial charge < -0.3 is 9.53 Å². The Morgan fingerprint density at radius 1 is 1.39 bits per heavy atom. The molecule has 3 nitrogen and oxygen atoms in total. The summed E-state index contributed by atoms with van der Waals surface area (Å²) in [4.78, 5) is 22.9. The van der Waals surface area contributed by atoms with Gasteiger partial charge in [0.15, 0.2) is 0 Å². The van der Waals surface area contributed by atoms with Crippen LogP contribution in [0.5, 0.6) is 0 Å². The highest BCUT2D eigenvalue weighted by atomic mass is 16.5. The Hall–Kier alpha value is -2.12. The maximum Gasteiger partial charge on any atom is 0.321 e. The van der Waals surface area contributed by atoms with Gasteiger partial charge in [-0.3, -0.25) is 4.79 Å². The van der Waals surface area contributed by atoms with Crippen molar-refractivity contribution in [2.75, 3.05) is 6.61 Å². The summed E-state index contributed by atoms with van der Waals surface area (Å²) in [5.74, 6) is -1.47. The number of benzene rings is 1. The number of esters is 1. The van der Waals surface area contributed by atoms with E-state index in [2.05, 4.69) is 5.73 Å². The molecule has 0 radical (unpaired) electrons. The van der Waals surface area contributed by atoms with Crippen molar-refractivity contribution >= 4 is 17.8 Å². The van der Waals surface area contributed by atoms with E-state index in [9.17, 15) is 9.59 Å². The van der Waals surface area contributed by atoms with E-state index < -0.39 is 11.9 Å². The zero-order chi connectivity index (χ0) is 13.4. The van der Waals surface area contributed by atoms with Gasteiger partial charge in [-0.2, -0.15) is 0 Å². The molecule has 94 valence electrons. The zero-order valence-corrected chi connectivity index (χ0v) is 10.6. The van der Waals surface area contributed by atoms with Crippen LogP contribution in [0.3, 0.4) is 0 Å². The van der Waals surface area contributed by atoms with Gasteiger partial charge in [-0.25, -0.2) is 0 Å². The molecule has 0 saturated heterocycles. The van der Waals surface area contributed by atoms with Crippen LogP contribution in [-0.4, -0.2) is 18.9 Å². The van der Waals surface area contributed by atoms with E-state index in [1.807, 2.05) is 30.3 Å². The van der Waals surface area contributed by atoms with Crippen molar-refractivity contribution in [3.8, 4) is 0 Å². The summed E-state index contributed by atoms with van der Waals surface area (Å²) in [6.45, 7) is 3.75. The molecule has 1 aromatic carbocycles. The summed E-state index contributed by atoms with van der Waals surface area (Å²) in [6.07, 6.45) is 2.27. The first kappa shape index (κ1) is 13.9. The van der Waals surface area contributed by atoms with Crippen molar-refractivity contribution in [2.24, 2.45) is 5.92 Å². The fraction of sp³-hybridized carbons (Fsp3) is 0.267. The largest absolute Gasteiger partial charge is 0.465 e. The van der Waals surface area contributed by atoms with E-state index in [0.717, 1.165) is 5.56 Å². The van der Waals surface area contributed by atoms with Gasteiger partial charge in [0.05, 0.1) is 6.61 Å². The van der Waals surface area contributed by atoms with E-state index in [-0.39, 0.29) is 6.61 Å². The van der Waals surface area contributed by atoms with Gasteiger partial charge in [0.2, 0.25) is 0 Å². The molecule has 0 heterocycles. The molecule has 0 aliphatic heterocycles. The Kier molecular flexibility index (Phi) is 5.62. The average Bonchev–Trinajstić information content (AvgIpc) is 2.40. The van der Waals surface area contributed by atoms with Crippen LogP contribution in [0.1, 0.15) is 19.4 Å². The maximum absolute atomic E-state index is 11.7. The Bertz CT molecular complexity index is 468. The Labute approximate surface area is 107 Å². The number of aldehydes is 1. The lowest BCUT2D eigenvalue weighted by atomic mass is 9.94. The molecule has 0 spiro atoms. The maximum atomic E-state index is 11.7. The minimum Gasteiger partial charge on any atom is -0.465 e. The Morgan fingerprint density at radius 2 is 2.06 bits per heavy atom. The molecule has 0 fully saturated rings. The van der Waals surface area contributed by atoms with Gasteiger partial charge in [-0.05, 0) is 25.5 Å². The smallest absolute Gasteiger partial charge is 0.321 e. The highest BCUT2D eigenvalue weighted by Gasteiger charge is 2.24. The highest BCUT2D eigenvalue weighted by molar-refractivity contribution is 6.01. The van der Waals surface area contributed by atoms with Crippen molar-refractivity contribution in [3.63, 3.8) is 0 Å². The highest BCUT2D eigenvalue weighted by Crippen LogP contribution is 2.22. The average molecular weight is 244 g/mol. The minimum absolute atomic E-state index is 0.251. The van der Waals surface area contributed by atoms with Crippen LogP contribution in [0.25, 0.3) is 5.57 Å². The van der Waals surface area contributed by atoms with Crippen LogP contribution in [0.15, 0.2) is 42.1 Å². The first-order valence-electron chi connectivity index (χ1n) is 5.83. The monoisotopic (exact) mass is 244 g/mol. The van der Waals surface area contributed by atoms with E-state index in [1.54, 1.807) is 19.9 Å². The molecule has 1 atom stereocenters. The van der Waals surface area contributed by atoms with E-state index in [4.69, 9.17) is 4.74 Å². The quantitative estimate of drug-likeness (QED) is 0.346. The molecule has 0 saturated carbocycles. The fourth-order valence-electron chi connectivity index (χ4n) is 1.60. The summed E-state index contributed by atoms with van der Waals surface area (Å²) in [5.41, 5.74) is 4.28. The first-order valence-corrected chi connectivity index (χ1v) is 5.83. The summed E-state index contributed by atoms with van der Waals surface area (Å²) >= 11 is 0. The van der Waals surface area contributed by atoms with Gasteiger partial charge in [0.1, 0.15) is 12.2 Å². The summed E-state index contributed by atoms with van der Waals surface area (Å²) in [7, 11) is 0. The van der Waals surface area contributed by atoms with E-state index in [0.29, 0.717) is 11.9 Å². The predicted molar refractivity (Wildman–Crippen MR) is 69.8 cm³/mol. The Balaban J connectivity index is 3.17. The number of carbonyl (C=O) groups is 2. The third-order valence-corrected chi connectivity index (χ3v) is 2.37. The molecular formula is C15H16O3. The molecular weight excluding hydrogens is 228 g/mol. The number of ether oxygens (including phenoxy) is 1. The SMILES string of the molecule is CC=C=C(c1ccccc1)C(C=O)C(=O)OCC. The van der Waals surface area contributed by atoms with Crippen LogP contribution < -0.4 is 0 Å². The normalized spacial score (nSPS) is 11.0. The molecule has 1 rings (SSSR count). The second kappa shape index (κ2) is 7.25. The lowest BCUT2D eigenvalue weighted by Crippen LogP contribution is -2.20. The lowest BCUT2D eigenvalue weighted by Gasteiger charge is -2.12. The molecule has 1 aromatic rings. The Morgan fingerprint density at radius 3 is 2.56 bits per heavy atom. The summed E-state index contributed by atoms with van der Waals surface area (Å²) in [5, 5.41) is 0. The summed E-state index contributed by atoms with van der Waals surface area (Å²) in [6, 6.07) is 9.24. The number of hydrogen-bond acceptors (Lipinski definition) is 3. The third kappa shape index (κ3) is 3.44. The summed E-state index contributed by atoms with van der Waals surface area (Å²) < 4.78 is 4.90. The zero-order valence-electron chi connectivity index (χ0n) is 10.6. The third-order valence-electron chi connectivity index (χ3n) is 2.37. The molecule has 1 unspecified atom stereocenters. The van der Waals surface area contributed by atoms with Crippen molar-refractivity contribution in [1.82, 2.24) is 0 Å². The molecule has 0 amide bonds. The topological polar surface area (TPSA) is 43.4 Å². The van der Waals surface area contributed by atoms with Gasteiger partial charge in [-0.1, -0.05) is 30.3 Å². The van der Waals surface area contributed by atoms with Gasteiger partial charge in [0.25, 0.3) is 0 Å². The first-order chi connectivity index (χ1) is 8.74. The molecule has 3 heteroatoms. The molecule has 18 heavy (non-hydrogen) atoms. The van der Waals surface area contributed by atoms with E-state index >= 15 is 0 Å². The van der Waals surface area contributed by atoms with Crippen LogP contribution in [0, 0.1) is 5.92 Å². The molecule has 0 bridgehead atoms. The number of rotatable bonds is 5. The van der Waals surface area contributed by atoms with Crippen molar-refractivity contribution < 1.29 is 14.3 Å². The molecule has 0 aromatic heterocycles. The van der Waals surface area contributed by atoms with E-state index in [1.165, 1.54) is 0 Å². The number of carbonyl (C=O) groups excluding carboxylic acids is 2. The second-order valence-electron chi connectivity index (χ2n) is 3.58. The van der Waals surface area contributed by atoms with Crippen molar-refractivity contribution in [1.29, 1.82) is 0 Å². The molecule has 0 aliphatic carbocycles. The van der Waals surface area contributed by atoms with Gasteiger partial charge in [0, 0.05) is 5.57 Å². The van der Waals surface area contributed by atoms with Gasteiger partial charge in [-0.15, -0.1) is 5.73 Å². The lowest BCUT2D eigenvalue weighted by molar-refractivity contribution is -0.146. The molecule has 0 N–H and O–H groups in total.